The van der Waals surface area contributed by atoms with E-state index in [4.69, 9.17) is 4.52 Å². The second-order valence-electron chi connectivity index (χ2n) is 6.61. The standard InChI is InChI=1S/C20H18FN3O2/c1-12-5-3-4-6-16(12)19-22-20(26-23-19)14-10-18(25)24(11-14)15-7-8-17(21)13(2)9-15/h3-9,14H,10-11H2,1-2H3. The summed E-state index contributed by atoms with van der Waals surface area (Å²) in [4.78, 5) is 18.6. The van der Waals surface area contributed by atoms with Gasteiger partial charge in [0.15, 0.2) is 0 Å². The molecule has 0 radical (unpaired) electrons. The Balaban J connectivity index is 1.58. The first-order valence-electron chi connectivity index (χ1n) is 8.49. The van der Waals surface area contributed by atoms with Crippen LogP contribution in [0.3, 0.4) is 0 Å². The minimum absolute atomic E-state index is 0.0309. The number of nitrogens with zero attached hydrogens (tertiary/aromatic N) is 3. The normalized spacial score (nSPS) is 17.1. The van der Waals surface area contributed by atoms with Crippen LogP contribution in [0.25, 0.3) is 11.4 Å². The number of aromatic nitrogens is 2. The fourth-order valence-corrected chi connectivity index (χ4v) is 3.25. The number of rotatable bonds is 3. The molecule has 1 saturated heterocycles. The molecule has 26 heavy (non-hydrogen) atoms. The molecule has 0 bridgehead atoms. The van der Waals surface area contributed by atoms with Gasteiger partial charge in [-0.25, -0.2) is 4.39 Å². The van der Waals surface area contributed by atoms with E-state index in [1.165, 1.54) is 6.07 Å². The van der Waals surface area contributed by atoms with Crippen molar-refractivity contribution >= 4 is 11.6 Å². The molecule has 0 N–H and O–H groups in total. The van der Waals surface area contributed by atoms with Crippen LogP contribution in [0.1, 0.15) is 29.4 Å². The zero-order valence-corrected chi connectivity index (χ0v) is 14.6. The first kappa shape index (κ1) is 16.4. The average molecular weight is 351 g/mol. The monoisotopic (exact) mass is 351 g/mol. The molecule has 5 nitrogen and oxygen atoms in total. The van der Waals surface area contributed by atoms with Gasteiger partial charge in [0.25, 0.3) is 0 Å². The molecule has 0 spiro atoms. The molecule has 1 aliphatic rings. The van der Waals surface area contributed by atoms with Gasteiger partial charge in [0, 0.05) is 24.2 Å². The van der Waals surface area contributed by atoms with E-state index >= 15 is 0 Å². The average Bonchev–Trinajstić information content (AvgIpc) is 3.25. The van der Waals surface area contributed by atoms with Gasteiger partial charge in [0.1, 0.15) is 5.82 Å². The highest BCUT2D eigenvalue weighted by Gasteiger charge is 2.35. The van der Waals surface area contributed by atoms with Crippen molar-refractivity contribution in [3.8, 4) is 11.4 Å². The van der Waals surface area contributed by atoms with Crippen molar-refractivity contribution in [2.75, 3.05) is 11.4 Å². The maximum Gasteiger partial charge on any atom is 0.232 e. The fourth-order valence-electron chi connectivity index (χ4n) is 3.25. The number of aryl methyl sites for hydroxylation is 2. The highest BCUT2D eigenvalue weighted by atomic mass is 19.1. The van der Waals surface area contributed by atoms with Gasteiger partial charge in [-0.3, -0.25) is 4.79 Å². The van der Waals surface area contributed by atoms with Gasteiger partial charge in [-0.1, -0.05) is 29.4 Å². The van der Waals surface area contributed by atoms with E-state index in [1.807, 2.05) is 31.2 Å². The Hall–Kier alpha value is -3.02. The van der Waals surface area contributed by atoms with E-state index < -0.39 is 0 Å². The van der Waals surface area contributed by atoms with Crippen LogP contribution in [0.5, 0.6) is 0 Å². The number of anilines is 1. The van der Waals surface area contributed by atoms with Crippen LogP contribution in [-0.4, -0.2) is 22.6 Å². The van der Waals surface area contributed by atoms with E-state index in [-0.39, 0.29) is 17.6 Å². The van der Waals surface area contributed by atoms with E-state index in [1.54, 1.807) is 24.0 Å². The third-order valence-electron chi connectivity index (χ3n) is 4.76. The summed E-state index contributed by atoms with van der Waals surface area (Å²) in [6, 6.07) is 12.5. The van der Waals surface area contributed by atoms with Crippen molar-refractivity contribution in [2.24, 2.45) is 0 Å². The summed E-state index contributed by atoms with van der Waals surface area (Å²) < 4.78 is 18.9. The molecular formula is C20H18FN3O2. The van der Waals surface area contributed by atoms with Gasteiger partial charge >= 0.3 is 0 Å². The second-order valence-corrected chi connectivity index (χ2v) is 6.61. The smallest absolute Gasteiger partial charge is 0.232 e. The Kier molecular flexibility index (Phi) is 4.03. The minimum Gasteiger partial charge on any atom is -0.339 e. The van der Waals surface area contributed by atoms with Crippen molar-refractivity contribution in [1.29, 1.82) is 0 Å². The third kappa shape index (κ3) is 2.87. The van der Waals surface area contributed by atoms with Crippen LogP contribution >= 0.6 is 0 Å². The van der Waals surface area contributed by atoms with E-state index in [0.717, 1.165) is 11.1 Å². The van der Waals surface area contributed by atoms with Gasteiger partial charge in [-0.05, 0) is 43.2 Å². The lowest BCUT2D eigenvalue weighted by Gasteiger charge is -2.16. The summed E-state index contributed by atoms with van der Waals surface area (Å²) in [5.74, 6) is 0.506. The van der Waals surface area contributed by atoms with Crippen molar-refractivity contribution in [3.63, 3.8) is 0 Å². The molecule has 3 aromatic rings. The zero-order chi connectivity index (χ0) is 18.3. The highest BCUT2D eigenvalue weighted by molar-refractivity contribution is 5.96. The largest absolute Gasteiger partial charge is 0.339 e. The summed E-state index contributed by atoms with van der Waals surface area (Å²) in [6.07, 6.45) is 0.297. The first-order chi connectivity index (χ1) is 12.5. The number of halogens is 1. The molecule has 132 valence electrons. The molecule has 1 amide bonds. The fraction of sp³-hybridized carbons (Fsp3) is 0.250. The lowest BCUT2D eigenvalue weighted by Crippen LogP contribution is -2.24. The number of hydrogen-bond acceptors (Lipinski definition) is 4. The Labute approximate surface area is 150 Å². The summed E-state index contributed by atoms with van der Waals surface area (Å²) in [5, 5.41) is 4.07. The molecule has 1 unspecified atom stereocenters. The van der Waals surface area contributed by atoms with E-state index in [9.17, 15) is 9.18 Å². The molecule has 2 heterocycles. The predicted molar refractivity (Wildman–Crippen MR) is 95.3 cm³/mol. The zero-order valence-electron chi connectivity index (χ0n) is 14.6. The highest BCUT2D eigenvalue weighted by Crippen LogP contribution is 2.32. The number of carbonyl (C=O) groups excluding carboxylic acids is 1. The topological polar surface area (TPSA) is 59.2 Å². The van der Waals surface area contributed by atoms with Crippen LogP contribution in [0.15, 0.2) is 47.0 Å². The minimum atomic E-state index is -0.281. The molecule has 1 fully saturated rings. The predicted octanol–water partition coefficient (Wildman–Crippen LogP) is 4.01. The van der Waals surface area contributed by atoms with Crippen LogP contribution < -0.4 is 4.90 Å². The van der Waals surface area contributed by atoms with Gasteiger partial charge in [0.2, 0.25) is 17.6 Å². The maximum absolute atomic E-state index is 13.5. The summed E-state index contributed by atoms with van der Waals surface area (Å²) >= 11 is 0. The van der Waals surface area contributed by atoms with Crippen molar-refractivity contribution in [1.82, 2.24) is 10.1 Å². The number of hydrogen-bond donors (Lipinski definition) is 0. The van der Waals surface area contributed by atoms with Crippen LogP contribution in [0, 0.1) is 19.7 Å². The molecule has 2 aromatic carbocycles. The maximum atomic E-state index is 13.5. The lowest BCUT2D eigenvalue weighted by atomic mass is 10.1. The molecule has 1 aliphatic heterocycles. The summed E-state index contributed by atoms with van der Waals surface area (Å²) in [6.45, 7) is 4.12. The Morgan fingerprint density at radius 3 is 2.73 bits per heavy atom. The molecular weight excluding hydrogens is 333 g/mol. The van der Waals surface area contributed by atoms with Crippen molar-refractivity contribution in [3.05, 3.63) is 65.3 Å². The molecule has 1 atom stereocenters. The molecule has 4 rings (SSSR count). The van der Waals surface area contributed by atoms with Gasteiger partial charge in [-0.2, -0.15) is 4.98 Å². The third-order valence-corrected chi connectivity index (χ3v) is 4.76. The van der Waals surface area contributed by atoms with Gasteiger partial charge < -0.3 is 9.42 Å². The van der Waals surface area contributed by atoms with Gasteiger partial charge in [0.05, 0.1) is 5.92 Å². The Bertz CT molecular complexity index is 983. The first-order valence-corrected chi connectivity index (χ1v) is 8.49. The summed E-state index contributed by atoms with van der Waals surface area (Å²) in [5.41, 5.74) is 3.18. The van der Waals surface area contributed by atoms with E-state index in [0.29, 0.717) is 35.9 Å². The van der Waals surface area contributed by atoms with Crippen molar-refractivity contribution < 1.29 is 13.7 Å². The molecule has 1 aromatic heterocycles. The van der Waals surface area contributed by atoms with Crippen LogP contribution in [0.4, 0.5) is 10.1 Å². The second kappa shape index (κ2) is 6.37. The lowest BCUT2D eigenvalue weighted by molar-refractivity contribution is -0.117. The Morgan fingerprint density at radius 2 is 1.96 bits per heavy atom. The molecule has 0 saturated carbocycles. The number of amides is 1. The van der Waals surface area contributed by atoms with E-state index in [2.05, 4.69) is 10.1 Å². The molecule has 6 heteroatoms. The van der Waals surface area contributed by atoms with Crippen molar-refractivity contribution in [2.45, 2.75) is 26.2 Å². The quantitative estimate of drug-likeness (QED) is 0.715. The summed E-state index contributed by atoms with van der Waals surface area (Å²) in [7, 11) is 0. The number of carbonyl (C=O) groups is 1. The SMILES string of the molecule is Cc1cc(N2CC(c3nc(-c4ccccc4C)no3)CC2=O)ccc1F. The van der Waals surface area contributed by atoms with Crippen LogP contribution in [0.2, 0.25) is 0 Å². The molecule has 0 aliphatic carbocycles. The van der Waals surface area contributed by atoms with Gasteiger partial charge in [-0.15, -0.1) is 0 Å². The Morgan fingerprint density at radius 1 is 1.15 bits per heavy atom. The van der Waals surface area contributed by atoms with Crippen LogP contribution in [-0.2, 0) is 4.79 Å². The number of benzene rings is 2.